The van der Waals surface area contributed by atoms with Crippen molar-refractivity contribution in [3.8, 4) is 0 Å². The van der Waals surface area contributed by atoms with Gasteiger partial charge in [0, 0.05) is 30.7 Å². The molecule has 1 atom stereocenters. The van der Waals surface area contributed by atoms with Gasteiger partial charge in [-0.05, 0) is 31.5 Å². The molecule has 0 spiro atoms. The van der Waals surface area contributed by atoms with Crippen LogP contribution in [0.1, 0.15) is 23.7 Å². The van der Waals surface area contributed by atoms with Gasteiger partial charge in [-0.2, -0.15) is 0 Å². The molecule has 0 aliphatic carbocycles. The van der Waals surface area contributed by atoms with Gasteiger partial charge in [0.1, 0.15) is 0 Å². The number of ether oxygens (including phenoxy) is 1. The highest BCUT2D eigenvalue weighted by molar-refractivity contribution is 8.00. The Hall–Kier alpha value is -1.53. The minimum absolute atomic E-state index is 0.0276. The highest BCUT2D eigenvalue weighted by atomic mass is 32.2. The van der Waals surface area contributed by atoms with Gasteiger partial charge in [-0.1, -0.05) is 0 Å². The van der Waals surface area contributed by atoms with Gasteiger partial charge < -0.3 is 15.4 Å². The first kappa shape index (κ1) is 14.9. The summed E-state index contributed by atoms with van der Waals surface area (Å²) in [4.78, 5) is 24.6. The van der Waals surface area contributed by atoms with Crippen LogP contribution in [0.15, 0.2) is 23.1 Å². The van der Waals surface area contributed by atoms with Crippen LogP contribution in [-0.4, -0.2) is 37.3 Å². The number of carbonyl (C=O) groups is 2. The molecule has 1 aliphatic rings. The zero-order valence-corrected chi connectivity index (χ0v) is 12.4. The number of nitrogens with one attached hydrogen (secondary N) is 2. The molecule has 108 valence electrons. The number of carbonyl (C=O) groups excluding carboxylic acids is 2. The molecule has 1 aromatic rings. The summed E-state index contributed by atoms with van der Waals surface area (Å²) in [7, 11) is 1.63. The molecular formula is C14H18N2O3S. The lowest BCUT2D eigenvalue weighted by molar-refractivity contribution is -0.115. The second-order valence-corrected chi connectivity index (χ2v) is 5.95. The van der Waals surface area contributed by atoms with Gasteiger partial charge in [0.15, 0.2) is 0 Å². The molecule has 0 fully saturated rings. The van der Waals surface area contributed by atoms with E-state index in [4.69, 9.17) is 4.74 Å². The van der Waals surface area contributed by atoms with Crippen molar-refractivity contribution in [3.63, 3.8) is 0 Å². The lowest BCUT2D eigenvalue weighted by Gasteiger charge is -2.21. The number of anilines is 1. The summed E-state index contributed by atoms with van der Waals surface area (Å²) in [6.07, 6.45) is 0.775. The summed E-state index contributed by atoms with van der Waals surface area (Å²) in [5.74, 6) is -0.165. The molecule has 0 aromatic heterocycles. The monoisotopic (exact) mass is 294 g/mol. The Bertz CT molecular complexity index is 519. The van der Waals surface area contributed by atoms with E-state index in [0.29, 0.717) is 24.4 Å². The Morgan fingerprint density at radius 3 is 3.05 bits per heavy atom. The van der Waals surface area contributed by atoms with E-state index < -0.39 is 0 Å². The van der Waals surface area contributed by atoms with Crippen LogP contribution in [-0.2, 0) is 9.53 Å². The highest BCUT2D eigenvalue weighted by Gasteiger charge is 2.23. The predicted molar refractivity (Wildman–Crippen MR) is 79.2 cm³/mol. The number of amides is 2. The minimum Gasteiger partial charge on any atom is -0.385 e. The average molecular weight is 294 g/mol. The largest absolute Gasteiger partial charge is 0.385 e. The van der Waals surface area contributed by atoms with Gasteiger partial charge in [0.2, 0.25) is 5.91 Å². The molecule has 1 aromatic carbocycles. The zero-order chi connectivity index (χ0) is 14.5. The van der Waals surface area contributed by atoms with Crippen molar-refractivity contribution >= 4 is 29.3 Å². The molecule has 1 heterocycles. The van der Waals surface area contributed by atoms with E-state index in [1.165, 1.54) is 11.8 Å². The van der Waals surface area contributed by atoms with Gasteiger partial charge >= 0.3 is 0 Å². The standard InChI is InChI=1S/C14H18N2O3S/c1-9-13(17)16-11-8-10(4-5-12(11)20-9)14(18)15-6-3-7-19-2/h4-5,8-9H,3,6-7H2,1-2H3,(H,15,18)(H,16,17). The average Bonchev–Trinajstić information content (AvgIpc) is 2.44. The summed E-state index contributed by atoms with van der Waals surface area (Å²) in [5, 5.41) is 5.54. The maximum Gasteiger partial charge on any atom is 0.251 e. The summed E-state index contributed by atoms with van der Waals surface area (Å²) in [6, 6.07) is 5.37. The molecular weight excluding hydrogens is 276 g/mol. The van der Waals surface area contributed by atoms with Crippen molar-refractivity contribution in [2.24, 2.45) is 0 Å². The molecule has 2 rings (SSSR count). The molecule has 2 amide bonds. The van der Waals surface area contributed by atoms with Gasteiger partial charge in [-0.3, -0.25) is 9.59 Å². The van der Waals surface area contributed by atoms with Gasteiger partial charge in [0.25, 0.3) is 5.91 Å². The van der Waals surface area contributed by atoms with Crippen molar-refractivity contribution in [1.29, 1.82) is 0 Å². The molecule has 1 unspecified atom stereocenters. The number of fused-ring (bicyclic) bond motifs is 1. The molecule has 6 heteroatoms. The third-order valence-electron chi connectivity index (χ3n) is 2.98. The van der Waals surface area contributed by atoms with Crippen molar-refractivity contribution in [2.45, 2.75) is 23.5 Å². The van der Waals surface area contributed by atoms with Crippen molar-refractivity contribution in [1.82, 2.24) is 5.32 Å². The topological polar surface area (TPSA) is 67.4 Å². The molecule has 20 heavy (non-hydrogen) atoms. The summed E-state index contributed by atoms with van der Waals surface area (Å²) >= 11 is 1.50. The number of hydrogen-bond acceptors (Lipinski definition) is 4. The number of thioether (sulfide) groups is 1. The Kier molecular flexibility index (Phi) is 5.03. The van der Waals surface area contributed by atoms with E-state index in [-0.39, 0.29) is 17.1 Å². The third-order valence-corrected chi connectivity index (χ3v) is 4.16. The second-order valence-electron chi connectivity index (χ2n) is 4.56. The first-order valence-electron chi connectivity index (χ1n) is 6.50. The fourth-order valence-electron chi connectivity index (χ4n) is 1.87. The maximum atomic E-state index is 12.0. The SMILES string of the molecule is COCCCNC(=O)c1ccc2c(c1)NC(=O)C(C)S2. The summed E-state index contributed by atoms with van der Waals surface area (Å²) in [6.45, 7) is 3.05. The van der Waals surface area contributed by atoms with Crippen LogP contribution in [0.2, 0.25) is 0 Å². The number of rotatable bonds is 5. The molecule has 1 aliphatic heterocycles. The molecule has 2 N–H and O–H groups in total. The van der Waals surface area contributed by atoms with Crippen LogP contribution >= 0.6 is 11.8 Å². The number of hydrogen-bond donors (Lipinski definition) is 2. The first-order valence-corrected chi connectivity index (χ1v) is 7.38. The number of benzene rings is 1. The van der Waals surface area contributed by atoms with E-state index >= 15 is 0 Å². The lowest BCUT2D eigenvalue weighted by Crippen LogP contribution is -2.28. The van der Waals surface area contributed by atoms with Crippen LogP contribution in [0.5, 0.6) is 0 Å². The van der Waals surface area contributed by atoms with Gasteiger partial charge in [-0.15, -0.1) is 11.8 Å². The Balaban J connectivity index is 2.02. The Morgan fingerprint density at radius 2 is 2.30 bits per heavy atom. The fourth-order valence-corrected chi connectivity index (χ4v) is 2.80. The van der Waals surface area contributed by atoms with Crippen molar-refractivity contribution in [2.75, 3.05) is 25.6 Å². The van der Waals surface area contributed by atoms with Crippen molar-refractivity contribution in [3.05, 3.63) is 23.8 Å². The van der Waals surface area contributed by atoms with Crippen LogP contribution in [0.25, 0.3) is 0 Å². The minimum atomic E-state index is -0.137. The van der Waals surface area contributed by atoms with E-state index in [1.807, 2.05) is 13.0 Å². The van der Waals surface area contributed by atoms with E-state index in [0.717, 1.165) is 11.3 Å². The molecule has 0 bridgehead atoms. The third kappa shape index (κ3) is 3.52. The number of methoxy groups -OCH3 is 1. The Morgan fingerprint density at radius 1 is 1.50 bits per heavy atom. The second kappa shape index (κ2) is 6.76. The molecule has 5 nitrogen and oxygen atoms in total. The highest BCUT2D eigenvalue weighted by Crippen LogP contribution is 2.35. The van der Waals surface area contributed by atoms with Crippen LogP contribution in [0.3, 0.4) is 0 Å². The van der Waals surface area contributed by atoms with E-state index in [9.17, 15) is 9.59 Å². The molecule has 0 saturated carbocycles. The van der Waals surface area contributed by atoms with Gasteiger partial charge in [-0.25, -0.2) is 0 Å². The molecule has 0 saturated heterocycles. The van der Waals surface area contributed by atoms with E-state index in [1.54, 1.807) is 19.2 Å². The van der Waals surface area contributed by atoms with Crippen LogP contribution in [0.4, 0.5) is 5.69 Å². The first-order chi connectivity index (χ1) is 9.61. The van der Waals surface area contributed by atoms with E-state index in [2.05, 4.69) is 10.6 Å². The quantitative estimate of drug-likeness (QED) is 0.814. The lowest BCUT2D eigenvalue weighted by atomic mass is 10.1. The van der Waals surface area contributed by atoms with Crippen LogP contribution in [0, 0.1) is 0 Å². The fraction of sp³-hybridized carbons (Fsp3) is 0.429. The molecule has 0 radical (unpaired) electrons. The zero-order valence-electron chi connectivity index (χ0n) is 11.6. The van der Waals surface area contributed by atoms with Gasteiger partial charge in [0.05, 0.1) is 10.9 Å². The van der Waals surface area contributed by atoms with Crippen molar-refractivity contribution < 1.29 is 14.3 Å². The normalized spacial score (nSPS) is 17.3. The maximum absolute atomic E-state index is 12.0. The predicted octanol–water partition coefficient (Wildman–Crippen LogP) is 1.89. The Labute approximate surface area is 122 Å². The summed E-state index contributed by atoms with van der Waals surface area (Å²) < 4.78 is 4.92. The van der Waals surface area contributed by atoms with Crippen LogP contribution < -0.4 is 10.6 Å². The smallest absolute Gasteiger partial charge is 0.251 e. The summed E-state index contributed by atoms with van der Waals surface area (Å²) in [5.41, 5.74) is 1.26.